The van der Waals surface area contributed by atoms with Crippen LogP contribution in [0.3, 0.4) is 0 Å². The molecule has 3 rings (SSSR count). The third-order valence-corrected chi connectivity index (χ3v) is 4.73. The molecule has 0 radical (unpaired) electrons. The summed E-state index contributed by atoms with van der Waals surface area (Å²) in [6.45, 7) is 3.22. The summed E-state index contributed by atoms with van der Waals surface area (Å²) >= 11 is 1.67. The minimum Gasteiger partial charge on any atom is -0.368 e. The molecule has 7 heteroatoms. The first kappa shape index (κ1) is 15.9. The van der Waals surface area contributed by atoms with Crippen LogP contribution in [0.4, 0.5) is 0 Å². The highest BCUT2D eigenvalue weighted by atomic mass is 32.1. The van der Waals surface area contributed by atoms with Crippen molar-refractivity contribution in [3.05, 3.63) is 50.3 Å². The molecule has 0 saturated carbocycles. The molecular weight excluding hydrogens is 314 g/mol. The quantitative estimate of drug-likeness (QED) is 0.923. The summed E-state index contributed by atoms with van der Waals surface area (Å²) in [4.78, 5) is 33.9. The smallest absolute Gasteiger partial charge is 0.251 e. The number of rotatable bonds is 4. The van der Waals surface area contributed by atoms with Gasteiger partial charge < -0.3 is 14.6 Å². The second-order valence-electron chi connectivity index (χ2n) is 5.53. The summed E-state index contributed by atoms with van der Waals surface area (Å²) in [7, 11) is 0. The number of nitrogens with zero attached hydrogens (tertiary/aromatic N) is 2. The number of ether oxygens (including phenoxy) is 1. The van der Waals surface area contributed by atoms with Crippen LogP contribution in [0.25, 0.3) is 0 Å². The molecule has 1 saturated heterocycles. The zero-order valence-electron chi connectivity index (χ0n) is 12.9. The highest BCUT2D eigenvalue weighted by molar-refractivity contribution is 7.09. The Bertz CT molecular complexity index is 726. The van der Waals surface area contributed by atoms with Crippen molar-refractivity contribution in [2.75, 3.05) is 19.7 Å². The van der Waals surface area contributed by atoms with Gasteiger partial charge in [-0.1, -0.05) is 6.07 Å². The summed E-state index contributed by atoms with van der Waals surface area (Å²) in [6.07, 6.45) is 0.922. The van der Waals surface area contributed by atoms with E-state index in [0.717, 1.165) is 6.42 Å². The number of aromatic amines is 1. The monoisotopic (exact) mass is 333 g/mol. The van der Waals surface area contributed by atoms with Crippen LogP contribution >= 0.6 is 11.3 Å². The predicted molar refractivity (Wildman–Crippen MR) is 87.5 cm³/mol. The maximum atomic E-state index is 12.4. The number of H-pyrrole nitrogens is 1. The molecule has 1 aliphatic rings. The van der Waals surface area contributed by atoms with Crippen molar-refractivity contribution in [1.82, 2.24) is 14.9 Å². The summed E-state index contributed by atoms with van der Waals surface area (Å²) in [5.74, 6) is 0.672. The zero-order valence-corrected chi connectivity index (χ0v) is 13.8. The van der Waals surface area contributed by atoms with Gasteiger partial charge in [-0.25, -0.2) is 4.98 Å². The maximum absolute atomic E-state index is 12.4. The van der Waals surface area contributed by atoms with E-state index in [-0.39, 0.29) is 17.6 Å². The number of aryl methyl sites for hydroxylation is 2. The Morgan fingerprint density at radius 3 is 3.17 bits per heavy atom. The summed E-state index contributed by atoms with van der Waals surface area (Å²) in [5, 5.41) is 2.02. The van der Waals surface area contributed by atoms with E-state index in [4.69, 9.17) is 4.74 Å². The van der Waals surface area contributed by atoms with Gasteiger partial charge in [0.1, 0.15) is 11.9 Å². The first-order valence-corrected chi connectivity index (χ1v) is 8.49. The van der Waals surface area contributed by atoms with Crippen molar-refractivity contribution in [3.63, 3.8) is 0 Å². The van der Waals surface area contributed by atoms with Crippen LogP contribution in [0, 0.1) is 6.92 Å². The number of carbonyl (C=O) groups is 1. The molecule has 2 aromatic rings. The van der Waals surface area contributed by atoms with Crippen molar-refractivity contribution in [1.29, 1.82) is 0 Å². The normalized spacial score (nSPS) is 18.1. The van der Waals surface area contributed by atoms with Gasteiger partial charge in [-0.2, -0.15) is 0 Å². The second-order valence-corrected chi connectivity index (χ2v) is 6.57. The van der Waals surface area contributed by atoms with Crippen molar-refractivity contribution in [2.24, 2.45) is 0 Å². The molecular formula is C16H19N3O3S. The molecule has 122 valence electrons. The van der Waals surface area contributed by atoms with Crippen LogP contribution in [0.1, 0.15) is 28.9 Å². The summed E-state index contributed by atoms with van der Waals surface area (Å²) in [5.41, 5.74) is 0.388. The Labute approximate surface area is 138 Å². The molecule has 2 aromatic heterocycles. The molecule has 1 unspecified atom stereocenters. The number of hydrogen-bond acceptors (Lipinski definition) is 5. The topological polar surface area (TPSA) is 75.3 Å². The van der Waals surface area contributed by atoms with Crippen LogP contribution in [0.2, 0.25) is 0 Å². The van der Waals surface area contributed by atoms with E-state index >= 15 is 0 Å². The predicted octanol–water partition coefficient (Wildman–Crippen LogP) is 1.67. The van der Waals surface area contributed by atoms with Gasteiger partial charge in [-0.3, -0.25) is 9.59 Å². The highest BCUT2D eigenvalue weighted by Gasteiger charge is 2.26. The first-order chi connectivity index (χ1) is 11.1. The highest BCUT2D eigenvalue weighted by Crippen LogP contribution is 2.21. The van der Waals surface area contributed by atoms with Crippen molar-refractivity contribution in [2.45, 2.75) is 25.9 Å². The largest absolute Gasteiger partial charge is 0.368 e. The van der Waals surface area contributed by atoms with Crippen LogP contribution in [0.15, 0.2) is 28.4 Å². The van der Waals surface area contributed by atoms with E-state index in [0.29, 0.717) is 37.6 Å². The van der Waals surface area contributed by atoms with Gasteiger partial charge in [0.25, 0.3) is 5.56 Å². The molecule has 1 fully saturated rings. The number of morpholine rings is 1. The Kier molecular flexibility index (Phi) is 4.88. The van der Waals surface area contributed by atoms with E-state index in [1.54, 1.807) is 23.2 Å². The molecule has 6 nitrogen and oxygen atoms in total. The van der Waals surface area contributed by atoms with Crippen LogP contribution < -0.4 is 5.56 Å². The van der Waals surface area contributed by atoms with Crippen molar-refractivity contribution in [3.8, 4) is 0 Å². The number of carbonyl (C=O) groups excluding carboxylic acids is 1. The third kappa shape index (κ3) is 4.05. The van der Waals surface area contributed by atoms with Crippen LogP contribution in [-0.4, -0.2) is 40.5 Å². The average molecular weight is 333 g/mol. The van der Waals surface area contributed by atoms with Crippen molar-refractivity contribution >= 4 is 17.2 Å². The minimum atomic E-state index is -0.338. The van der Waals surface area contributed by atoms with Gasteiger partial charge in [-0.05, 0) is 24.8 Å². The maximum Gasteiger partial charge on any atom is 0.251 e. The lowest BCUT2D eigenvalue weighted by Gasteiger charge is -2.32. The van der Waals surface area contributed by atoms with E-state index in [1.165, 1.54) is 10.9 Å². The molecule has 23 heavy (non-hydrogen) atoms. The number of aromatic nitrogens is 2. The van der Waals surface area contributed by atoms with E-state index in [9.17, 15) is 9.59 Å². The number of thiophene rings is 1. The average Bonchev–Trinajstić information content (AvgIpc) is 3.05. The van der Waals surface area contributed by atoms with E-state index in [2.05, 4.69) is 9.97 Å². The molecule has 3 heterocycles. The summed E-state index contributed by atoms with van der Waals surface area (Å²) in [6, 6.07) is 5.48. The lowest BCUT2D eigenvalue weighted by molar-refractivity contribution is -0.139. The van der Waals surface area contributed by atoms with Crippen LogP contribution in [-0.2, 0) is 16.0 Å². The lowest BCUT2D eigenvalue weighted by atomic mass is 10.1. The first-order valence-electron chi connectivity index (χ1n) is 7.61. The Morgan fingerprint density at radius 2 is 2.43 bits per heavy atom. The van der Waals surface area contributed by atoms with E-state index < -0.39 is 0 Å². The van der Waals surface area contributed by atoms with Gasteiger partial charge in [0.05, 0.1) is 18.8 Å². The molecule has 0 aliphatic carbocycles. The fraction of sp³-hybridized carbons (Fsp3) is 0.438. The number of nitrogens with one attached hydrogen (secondary N) is 1. The van der Waals surface area contributed by atoms with Gasteiger partial charge in [-0.15, -0.1) is 11.3 Å². The van der Waals surface area contributed by atoms with Crippen molar-refractivity contribution < 1.29 is 9.53 Å². The molecule has 0 aromatic carbocycles. The SMILES string of the molecule is Cc1nc(C2CN(C(=O)CCc3cccs3)CCO2)cc(=O)[nH]1. The molecule has 1 amide bonds. The molecule has 1 N–H and O–H groups in total. The second kappa shape index (κ2) is 7.06. The van der Waals surface area contributed by atoms with E-state index in [1.807, 2.05) is 17.5 Å². The van der Waals surface area contributed by atoms with Crippen LogP contribution in [0.5, 0.6) is 0 Å². The van der Waals surface area contributed by atoms with Gasteiger partial charge in [0.15, 0.2) is 0 Å². The fourth-order valence-electron chi connectivity index (χ4n) is 2.67. The number of amides is 1. The fourth-order valence-corrected chi connectivity index (χ4v) is 3.37. The third-order valence-electron chi connectivity index (χ3n) is 3.79. The van der Waals surface area contributed by atoms with Gasteiger partial charge >= 0.3 is 0 Å². The van der Waals surface area contributed by atoms with Gasteiger partial charge in [0.2, 0.25) is 5.91 Å². The Balaban J connectivity index is 1.63. The minimum absolute atomic E-state index is 0.119. The summed E-state index contributed by atoms with van der Waals surface area (Å²) < 4.78 is 5.70. The molecule has 1 atom stereocenters. The Hall–Kier alpha value is -1.99. The zero-order chi connectivity index (χ0) is 16.2. The molecule has 0 spiro atoms. The van der Waals surface area contributed by atoms with Gasteiger partial charge in [0, 0.05) is 23.9 Å². The molecule has 1 aliphatic heterocycles. The molecule has 0 bridgehead atoms. The Morgan fingerprint density at radius 1 is 1.57 bits per heavy atom. The lowest BCUT2D eigenvalue weighted by Crippen LogP contribution is -2.42. The standard InChI is InChI=1S/C16H19N3O3S/c1-11-17-13(9-15(20)18-11)14-10-19(6-7-22-14)16(21)5-4-12-3-2-8-23-12/h2-3,8-9,14H,4-7,10H2,1H3,(H,17,18,20). The number of hydrogen-bond donors (Lipinski definition) is 1.